The van der Waals surface area contributed by atoms with E-state index in [2.05, 4.69) is 51.1 Å². The highest BCUT2D eigenvalue weighted by atomic mass is 16.5. The molecule has 152 valence electrons. The Kier molecular flexibility index (Phi) is 9.67. The van der Waals surface area contributed by atoms with Gasteiger partial charge >= 0.3 is 0 Å². The molecule has 2 aliphatic heterocycles. The average Bonchev–Trinajstić information content (AvgIpc) is 2.65. The summed E-state index contributed by atoms with van der Waals surface area (Å²) in [6, 6.07) is 0. The van der Waals surface area contributed by atoms with E-state index in [1.165, 1.54) is 32.7 Å². The van der Waals surface area contributed by atoms with E-state index in [4.69, 9.17) is 4.74 Å². The maximum Gasteiger partial charge on any atom is 0.191 e. The molecule has 0 spiro atoms. The quantitative estimate of drug-likeness (QED) is 0.470. The fraction of sp³-hybridized carbons (Fsp3) is 0.947. The molecule has 2 rings (SSSR count). The van der Waals surface area contributed by atoms with Crippen LogP contribution in [-0.4, -0.2) is 112 Å². The molecule has 0 amide bonds. The third kappa shape index (κ3) is 7.78. The third-order valence-corrected chi connectivity index (χ3v) is 5.20. The van der Waals surface area contributed by atoms with Gasteiger partial charge in [-0.05, 0) is 12.5 Å². The smallest absolute Gasteiger partial charge is 0.191 e. The number of ether oxygens (including phenoxy) is 1. The Morgan fingerprint density at radius 3 is 2.46 bits per heavy atom. The van der Waals surface area contributed by atoms with E-state index in [-0.39, 0.29) is 6.10 Å². The molecule has 1 unspecified atom stereocenters. The number of aliphatic imine (C=N–C) groups is 1. The highest BCUT2D eigenvalue weighted by molar-refractivity contribution is 5.79. The van der Waals surface area contributed by atoms with Crippen molar-refractivity contribution in [3.8, 4) is 0 Å². The van der Waals surface area contributed by atoms with Crippen LogP contribution in [0.1, 0.15) is 20.8 Å². The van der Waals surface area contributed by atoms with E-state index in [0.717, 1.165) is 51.8 Å². The zero-order valence-electron chi connectivity index (χ0n) is 17.3. The lowest BCUT2D eigenvalue weighted by molar-refractivity contribution is -0.0284. The summed E-state index contributed by atoms with van der Waals surface area (Å²) in [5.74, 6) is 1.58. The molecule has 26 heavy (non-hydrogen) atoms. The lowest BCUT2D eigenvalue weighted by atomic mass is 10.2. The number of guanidine groups is 1. The molecule has 0 aromatic rings. The Balaban J connectivity index is 1.60. The van der Waals surface area contributed by atoms with E-state index >= 15 is 0 Å². The van der Waals surface area contributed by atoms with Crippen LogP contribution < -0.4 is 10.6 Å². The van der Waals surface area contributed by atoms with Crippen molar-refractivity contribution in [1.82, 2.24) is 25.3 Å². The Labute approximate surface area is 160 Å². The molecular formula is C19H40N6O. The summed E-state index contributed by atoms with van der Waals surface area (Å²) in [6.07, 6.45) is 0.239. The normalized spacial score (nSPS) is 24.2. The second kappa shape index (κ2) is 11.7. The van der Waals surface area contributed by atoms with Crippen molar-refractivity contribution in [2.75, 3.05) is 85.6 Å². The molecule has 0 aromatic carbocycles. The van der Waals surface area contributed by atoms with Gasteiger partial charge in [0.15, 0.2) is 5.96 Å². The zero-order chi connectivity index (χ0) is 18.8. The Morgan fingerprint density at radius 1 is 1.08 bits per heavy atom. The van der Waals surface area contributed by atoms with Crippen LogP contribution in [0.4, 0.5) is 0 Å². The van der Waals surface area contributed by atoms with Gasteiger partial charge < -0.3 is 20.3 Å². The summed E-state index contributed by atoms with van der Waals surface area (Å²) < 4.78 is 5.91. The van der Waals surface area contributed by atoms with Crippen LogP contribution in [0.3, 0.4) is 0 Å². The molecular weight excluding hydrogens is 328 g/mol. The first-order chi connectivity index (χ1) is 12.6. The number of hydrogen-bond acceptors (Lipinski definition) is 5. The van der Waals surface area contributed by atoms with E-state index < -0.39 is 0 Å². The molecule has 2 N–H and O–H groups in total. The third-order valence-electron chi connectivity index (χ3n) is 5.20. The summed E-state index contributed by atoms with van der Waals surface area (Å²) in [4.78, 5) is 11.9. The van der Waals surface area contributed by atoms with Crippen LogP contribution in [0.5, 0.6) is 0 Å². The molecule has 0 saturated carbocycles. The van der Waals surface area contributed by atoms with Crippen molar-refractivity contribution in [2.24, 2.45) is 10.9 Å². The van der Waals surface area contributed by atoms with E-state index in [1.807, 2.05) is 7.05 Å². The highest BCUT2D eigenvalue weighted by Gasteiger charge is 2.21. The lowest BCUT2D eigenvalue weighted by Gasteiger charge is -2.34. The summed E-state index contributed by atoms with van der Waals surface area (Å²) in [5, 5.41) is 6.87. The molecule has 0 bridgehead atoms. The minimum atomic E-state index is 0.239. The number of nitrogens with zero attached hydrogens (tertiary/aromatic N) is 4. The van der Waals surface area contributed by atoms with Crippen molar-refractivity contribution >= 4 is 5.96 Å². The molecule has 0 radical (unpaired) electrons. The van der Waals surface area contributed by atoms with Gasteiger partial charge in [0.2, 0.25) is 0 Å². The molecule has 1 atom stereocenters. The Morgan fingerprint density at radius 2 is 1.81 bits per heavy atom. The maximum absolute atomic E-state index is 5.91. The second-order valence-electron chi connectivity index (χ2n) is 7.80. The molecule has 2 heterocycles. The maximum atomic E-state index is 5.91. The van der Waals surface area contributed by atoms with Crippen molar-refractivity contribution in [1.29, 1.82) is 0 Å². The summed E-state index contributed by atoms with van der Waals surface area (Å²) in [7, 11) is 1.84. The van der Waals surface area contributed by atoms with Crippen molar-refractivity contribution < 1.29 is 4.74 Å². The predicted octanol–water partition coefficient (Wildman–Crippen LogP) is 0.146. The molecule has 7 heteroatoms. The predicted molar refractivity (Wildman–Crippen MR) is 109 cm³/mol. The van der Waals surface area contributed by atoms with Gasteiger partial charge in [-0.25, -0.2) is 0 Å². The molecule has 2 aliphatic rings. The van der Waals surface area contributed by atoms with Crippen LogP contribution in [0.2, 0.25) is 0 Å². The van der Waals surface area contributed by atoms with Gasteiger partial charge in [-0.2, -0.15) is 0 Å². The fourth-order valence-corrected chi connectivity index (χ4v) is 3.68. The molecule has 2 saturated heterocycles. The van der Waals surface area contributed by atoms with E-state index in [1.54, 1.807) is 0 Å². The minimum Gasteiger partial charge on any atom is -0.374 e. The highest BCUT2D eigenvalue weighted by Crippen LogP contribution is 2.07. The minimum absolute atomic E-state index is 0.239. The van der Waals surface area contributed by atoms with Gasteiger partial charge in [0.1, 0.15) is 0 Å². The van der Waals surface area contributed by atoms with Gasteiger partial charge in [0.25, 0.3) is 0 Å². The number of nitrogens with one attached hydrogen (secondary N) is 2. The standard InChI is InChI=1S/C19H40N6O/c1-5-23-8-10-24(11-9-23)7-6-21-19(20-4)22-14-18-16-25(12-13-26-18)15-17(2)3/h17-18H,5-16H2,1-4H3,(H2,20,21,22). The van der Waals surface area contributed by atoms with Crippen molar-refractivity contribution in [3.63, 3.8) is 0 Å². The molecule has 0 aromatic heterocycles. The molecule has 7 nitrogen and oxygen atoms in total. The first-order valence-electron chi connectivity index (χ1n) is 10.3. The number of morpholine rings is 1. The second-order valence-corrected chi connectivity index (χ2v) is 7.80. The number of hydrogen-bond donors (Lipinski definition) is 2. The first kappa shape index (κ1) is 21.4. The molecule has 2 fully saturated rings. The zero-order valence-corrected chi connectivity index (χ0v) is 17.3. The molecule has 0 aliphatic carbocycles. The average molecular weight is 369 g/mol. The van der Waals surface area contributed by atoms with Crippen molar-refractivity contribution in [3.05, 3.63) is 0 Å². The van der Waals surface area contributed by atoms with Crippen LogP contribution in [0.25, 0.3) is 0 Å². The topological polar surface area (TPSA) is 55.4 Å². The van der Waals surface area contributed by atoms with Crippen molar-refractivity contribution in [2.45, 2.75) is 26.9 Å². The van der Waals surface area contributed by atoms with Crippen LogP contribution in [0.15, 0.2) is 4.99 Å². The van der Waals surface area contributed by atoms with Gasteiger partial charge in [-0.15, -0.1) is 0 Å². The SMILES string of the molecule is CCN1CCN(CCNC(=NC)NCC2CN(CC(C)C)CCO2)CC1. The summed E-state index contributed by atoms with van der Waals surface area (Å²) in [5.41, 5.74) is 0. The van der Waals surface area contributed by atoms with Gasteiger partial charge in [0.05, 0.1) is 12.7 Å². The van der Waals surface area contributed by atoms with E-state index in [0.29, 0.717) is 5.92 Å². The summed E-state index contributed by atoms with van der Waals surface area (Å²) >= 11 is 0. The monoisotopic (exact) mass is 368 g/mol. The summed E-state index contributed by atoms with van der Waals surface area (Å²) in [6.45, 7) is 19.5. The van der Waals surface area contributed by atoms with Gasteiger partial charge in [-0.3, -0.25) is 14.8 Å². The van der Waals surface area contributed by atoms with Gasteiger partial charge in [0, 0.05) is 72.5 Å². The largest absolute Gasteiger partial charge is 0.374 e. The van der Waals surface area contributed by atoms with E-state index in [9.17, 15) is 0 Å². The Bertz CT molecular complexity index is 409. The van der Waals surface area contributed by atoms with Gasteiger partial charge in [-0.1, -0.05) is 20.8 Å². The number of piperazine rings is 1. The number of rotatable bonds is 8. The lowest BCUT2D eigenvalue weighted by Crippen LogP contribution is -2.51. The first-order valence-corrected chi connectivity index (χ1v) is 10.3. The van der Waals surface area contributed by atoms with Crippen LogP contribution in [0, 0.1) is 5.92 Å². The van der Waals surface area contributed by atoms with Crippen LogP contribution >= 0.6 is 0 Å². The Hall–Kier alpha value is -0.890. The number of likely N-dealkylation sites (N-methyl/N-ethyl adjacent to an activating group) is 1. The fourth-order valence-electron chi connectivity index (χ4n) is 3.68. The van der Waals surface area contributed by atoms with Crippen LogP contribution in [-0.2, 0) is 4.74 Å².